The molecule has 8 heavy (non-hydrogen) atoms. The highest BCUT2D eigenvalue weighted by molar-refractivity contribution is 7.50. The molecule has 0 aliphatic carbocycles. The van der Waals surface area contributed by atoms with Crippen molar-refractivity contribution in [2.24, 2.45) is 0 Å². The van der Waals surface area contributed by atoms with E-state index in [1.807, 2.05) is 0 Å². The maximum atomic E-state index is 9.86. The standard InChI is InChI=1S/C2H8NO4P/c3-1-2(4)8(5,6)7/h2,4H,1,3H2,(H2,5,6,7). The van der Waals surface area contributed by atoms with Crippen LogP contribution in [0.5, 0.6) is 0 Å². The molecule has 2 unspecified atom stereocenters. The third kappa shape index (κ3) is 2.40. The number of hydrogen-bond donors (Lipinski definition) is 3. The number of rotatable bonds is 2. The lowest BCUT2D eigenvalue weighted by Gasteiger charge is -2.18. The van der Waals surface area contributed by atoms with E-state index in [1.54, 1.807) is 0 Å². The van der Waals surface area contributed by atoms with Gasteiger partial charge in [-0.2, -0.15) is 0 Å². The summed E-state index contributed by atoms with van der Waals surface area (Å²) in [4.78, 5) is 17.9. The lowest BCUT2D eigenvalue weighted by atomic mass is 10.7. The Morgan fingerprint density at radius 3 is 2.25 bits per heavy atom. The Labute approximate surface area is 46.3 Å². The third-order valence-electron chi connectivity index (χ3n) is 0.635. The molecule has 0 rings (SSSR count). The molecule has 0 aromatic heterocycles. The number of aliphatic hydroxyl groups is 1. The molecule has 0 aliphatic rings. The van der Waals surface area contributed by atoms with Gasteiger partial charge in [-0.25, -0.2) is 0 Å². The number of quaternary nitrogens is 1. The van der Waals surface area contributed by atoms with Crippen molar-refractivity contribution in [2.75, 3.05) is 6.54 Å². The van der Waals surface area contributed by atoms with Crippen LogP contribution in [-0.2, 0) is 4.57 Å². The molecule has 0 spiro atoms. The Morgan fingerprint density at radius 2 is 2.25 bits per heavy atom. The van der Waals surface area contributed by atoms with E-state index in [4.69, 9.17) is 10.00 Å². The fraction of sp³-hybridized carbons (Fsp3) is 1.00. The van der Waals surface area contributed by atoms with Crippen LogP contribution in [-0.4, -0.2) is 22.4 Å². The molecule has 0 heterocycles. The SMILES string of the molecule is [NH3+]CC(O)P(=O)([O-])O. The summed E-state index contributed by atoms with van der Waals surface area (Å²) in [7, 11) is -4.51. The van der Waals surface area contributed by atoms with Crippen molar-refractivity contribution in [3.8, 4) is 0 Å². The molecule has 5 N–H and O–H groups in total. The Balaban J connectivity index is 3.82. The minimum Gasteiger partial charge on any atom is -0.777 e. The highest BCUT2D eigenvalue weighted by atomic mass is 31.2. The van der Waals surface area contributed by atoms with Gasteiger partial charge in [0.1, 0.15) is 6.54 Å². The summed E-state index contributed by atoms with van der Waals surface area (Å²) in [5.74, 6) is -1.71. The minimum absolute atomic E-state index is 0.225. The van der Waals surface area contributed by atoms with Gasteiger partial charge in [0, 0.05) is 0 Å². The number of hydrogen-bond acceptors (Lipinski definition) is 3. The van der Waals surface area contributed by atoms with Crippen LogP contribution in [0.25, 0.3) is 0 Å². The molecule has 0 bridgehead atoms. The molecule has 2 atom stereocenters. The van der Waals surface area contributed by atoms with Crippen LogP contribution in [0.4, 0.5) is 0 Å². The maximum absolute atomic E-state index is 9.86. The van der Waals surface area contributed by atoms with Crippen molar-refractivity contribution in [1.82, 2.24) is 0 Å². The van der Waals surface area contributed by atoms with Gasteiger partial charge in [-0.3, -0.25) is 0 Å². The first kappa shape index (κ1) is 8.07. The molecule has 0 aromatic rings. The molecule has 0 fully saturated rings. The Morgan fingerprint density at radius 1 is 1.88 bits per heavy atom. The Kier molecular flexibility index (Phi) is 2.59. The first-order valence-electron chi connectivity index (χ1n) is 1.99. The monoisotopic (exact) mass is 141 g/mol. The zero-order valence-corrected chi connectivity index (χ0v) is 5.04. The second-order valence-electron chi connectivity index (χ2n) is 1.33. The summed E-state index contributed by atoms with van der Waals surface area (Å²) in [5.41, 5.74) is 3.07. The van der Waals surface area contributed by atoms with Crippen LogP contribution < -0.4 is 10.6 Å². The predicted molar refractivity (Wildman–Crippen MR) is 23.6 cm³/mol. The molecule has 5 nitrogen and oxygen atoms in total. The average Bonchev–Trinajstić information content (AvgIpc) is 1.62. The van der Waals surface area contributed by atoms with E-state index in [0.717, 1.165) is 0 Å². The van der Waals surface area contributed by atoms with Crippen LogP contribution in [0.15, 0.2) is 0 Å². The predicted octanol–water partition coefficient (Wildman–Crippen LogP) is -2.91. The van der Waals surface area contributed by atoms with Gasteiger partial charge in [-0.1, -0.05) is 0 Å². The first-order valence-corrected chi connectivity index (χ1v) is 3.64. The highest BCUT2D eigenvalue weighted by Gasteiger charge is 2.15. The number of aliphatic hydroxyl groups excluding tert-OH is 1. The normalized spacial score (nSPS) is 22.0. The van der Waals surface area contributed by atoms with Gasteiger partial charge in [0.25, 0.3) is 0 Å². The van der Waals surface area contributed by atoms with E-state index in [1.165, 1.54) is 0 Å². The Bertz CT molecular complexity index is 109. The van der Waals surface area contributed by atoms with Crippen molar-refractivity contribution in [2.45, 2.75) is 5.85 Å². The van der Waals surface area contributed by atoms with Gasteiger partial charge >= 0.3 is 0 Å². The zero-order chi connectivity index (χ0) is 6.78. The van der Waals surface area contributed by atoms with Crippen molar-refractivity contribution in [3.63, 3.8) is 0 Å². The van der Waals surface area contributed by atoms with Crippen LogP contribution in [0, 0.1) is 0 Å². The van der Waals surface area contributed by atoms with Gasteiger partial charge < -0.3 is 25.2 Å². The largest absolute Gasteiger partial charge is 0.777 e. The highest BCUT2D eigenvalue weighted by Crippen LogP contribution is 2.32. The van der Waals surface area contributed by atoms with E-state index >= 15 is 0 Å². The maximum Gasteiger partial charge on any atom is 0.166 e. The quantitative estimate of drug-likeness (QED) is 0.358. The summed E-state index contributed by atoms with van der Waals surface area (Å²) in [6, 6.07) is 0. The average molecular weight is 141 g/mol. The topological polar surface area (TPSA) is 108 Å². The molecule has 0 amide bonds. The summed E-state index contributed by atoms with van der Waals surface area (Å²) >= 11 is 0. The van der Waals surface area contributed by atoms with Crippen LogP contribution in [0.3, 0.4) is 0 Å². The zero-order valence-electron chi connectivity index (χ0n) is 4.15. The smallest absolute Gasteiger partial charge is 0.166 e. The van der Waals surface area contributed by atoms with Gasteiger partial charge in [-0.15, -0.1) is 0 Å². The molecule has 0 aliphatic heterocycles. The van der Waals surface area contributed by atoms with Crippen LogP contribution in [0.1, 0.15) is 0 Å². The van der Waals surface area contributed by atoms with Crippen molar-refractivity contribution >= 4 is 7.60 Å². The van der Waals surface area contributed by atoms with Crippen molar-refractivity contribution in [1.29, 1.82) is 0 Å². The summed E-state index contributed by atoms with van der Waals surface area (Å²) in [5, 5.41) is 8.31. The molecular formula is C2H8NO4P. The third-order valence-corrected chi connectivity index (χ3v) is 1.65. The molecular weight excluding hydrogens is 133 g/mol. The molecule has 0 radical (unpaired) electrons. The van der Waals surface area contributed by atoms with Gasteiger partial charge in [0.05, 0.1) is 0 Å². The van der Waals surface area contributed by atoms with E-state index in [-0.39, 0.29) is 6.54 Å². The Hall–Kier alpha value is 0.0700. The van der Waals surface area contributed by atoms with E-state index in [9.17, 15) is 9.46 Å². The van der Waals surface area contributed by atoms with Crippen molar-refractivity contribution < 1.29 is 25.2 Å². The fourth-order valence-corrected chi connectivity index (χ4v) is 0.489. The second-order valence-corrected chi connectivity index (χ2v) is 3.06. The molecule has 0 saturated heterocycles. The molecule has 6 heteroatoms. The molecule has 0 aromatic carbocycles. The van der Waals surface area contributed by atoms with E-state index in [0.29, 0.717) is 0 Å². The summed E-state index contributed by atoms with van der Waals surface area (Å²) in [6.07, 6.45) is 0. The minimum atomic E-state index is -4.51. The molecule has 50 valence electrons. The van der Waals surface area contributed by atoms with Gasteiger partial charge in [-0.05, 0) is 0 Å². The summed E-state index contributed by atoms with van der Waals surface area (Å²) in [6.45, 7) is -0.225. The van der Waals surface area contributed by atoms with Crippen molar-refractivity contribution in [3.05, 3.63) is 0 Å². The summed E-state index contributed by atoms with van der Waals surface area (Å²) < 4.78 is 9.86. The fourth-order valence-electron chi connectivity index (χ4n) is 0.163. The van der Waals surface area contributed by atoms with Crippen LogP contribution >= 0.6 is 7.60 Å². The van der Waals surface area contributed by atoms with Gasteiger partial charge in [0.15, 0.2) is 13.4 Å². The van der Waals surface area contributed by atoms with Gasteiger partial charge in [0.2, 0.25) is 0 Å². The van der Waals surface area contributed by atoms with E-state index < -0.39 is 13.4 Å². The molecule has 0 saturated carbocycles. The first-order chi connectivity index (χ1) is 3.48. The lowest BCUT2D eigenvalue weighted by molar-refractivity contribution is -0.380. The second kappa shape index (κ2) is 2.57. The van der Waals surface area contributed by atoms with E-state index in [2.05, 4.69) is 5.73 Å². The van der Waals surface area contributed by atoms with Crippen LogP contribution in [0.2, 0.25) is 0 Å². The lowest BCUT2D eigenvalue weighted by Crippen LogP contribution is -2.56.